The standard InChI is InChI=1S/C34H41N3O5/c1-6-18-35(5)30(39)27-28-31(40)37(26(22-38)25-16-12-9-13-17-25)29(34(28)20-23(3)33(27,4)42-34)32(41)36(19-7-2)21-24-14-10-8-11-15-24/h6-17,23,26-29,38H,1-2,18-22H2,3-5H3/t23?,26-,27-,28+,29?,33+,34?/m1/s1. The lowest BCUT2D eigenvalue weighted by atomic mass is 9.62. The summed E-state index contributed by atoms with van der Waals surface area (Å²) in [5.74, 6) is -2.56. The van der Waals surface area contributed by atoms with E-state index in [0.29, 0.717) is 25.1 Å². The summed E-state index contributed by atoms with van der Waals surface area (Å²) in [5.41, 5.74) is -0.505. The van der Waals surface area contributed by atoms with E-state index in [2.05, 4.69) is 13.2 Å². The highest BCUT2D eigenvalue weighted by atomic mass is 16.5. The average molecular weight is 572 g/mol. The van der Waals surface area contributed by atoms with Gasteiger partial charge in [0.2, 0.25) is 17.7 Å². The minimum Gasteiger partial charge on any atom is -0.394 e. The number of rotatable bonds is 11. The Kier molecular flexibility index (Phi) is 8.14. The molecular weight excluding hydrogens is 530 g/mol. The van der Waals surface area contributed by atoms with Crippen LogP contribution in [0.5, 0.6) is 0 Å². The van der Waals surface area contributed by atoms with Crippen molar-refractivity contribution in [3.8, 4) is 0 Å². The van der Waals surface area contributed by atoms with Gasteiger partial charge in [0.15, 0.2) is 0 Å². The summed E-state index contributed by atoms with van der Waals surface area (Å²) in [6.07, 6.45) is 3.77. The van der Waals surface area contributed by atoms with Gasteiger partial charge in [-0.15, -0.1) is 13.2 Å². The largest absolute Gasteiger partial charge is 0.394 e. The number of hydrogen-bond donors (Lipinski definition) is 1. The van der Waals surface area contributed by atoms with E-state index in [-0.39, 0.29) is 36.8 Å². The number of nitrogens with zero attached hydrogens (tertiary/aromatic N) is 3. The molecular formula is C34H41N3O5. The summed E-state index contributed by atoms with van der Waals surface area (Å²) in [5, 5.41) is 10.7. The smallest absolute Gasteiger partial charge is 0.249 e. The SMILES string of the molecule is C=CCN(C)C(=O)[C@H]1[C@H]2C(=O)N([C@H](CO)c3ccccc3)C(C(=O)N(CC=C)Cc3ccccc3)C23CC(C)[C@]1(C)O3. The van der Waals surface area contributed by atoms with Gasteiger partial charge in [-0.3, -0.25) is 14.4 Å². The van der Waals surface area contributed by atoms with Crippen molar-refractivity contribution in [1.82, 2.24) is 14.7 Å². The molecule has 3 unspecified atom stereocenters. The third-order valence-electron chi connectivity index (χ3n) is 9.60. The van der Waals surface area contributed by atoms with Crippen LogP contribution in [0.2, 0.25) is 0 Å². The Hall–Kier alpha value is -3.75. The molecule has 8 heteroatoms. The molecule has 0 aliphatic carbocycles. The predicted molar refractivity (Wildman–Crippen MR) is 160 cm³/mol. The van der Waals surface area contributed by atoms with Gasteiger partial charge in [-0.2, -0.15) is 0 Å². The summed E-state index contributed by atoms with van der Waals surface area (Å²) < 4.78 is 6.90. The van der Waals surface area contributed by atoms with Gasteiger partial charge in [0.25, 0.3) is 0 Å². The van der Waals surface area contributed by atoms with Crippen molar-refractivity contribution in [2.45, 2.75) is 50.1 Å². The van der Waals surface area contributed by atoms with E-state index in [1.54, 1.807) is 29.0 Å². The van der Waals surface area contributed by atoms with Crippen LogP contribution in [0.4, 0.5) is 0 Å². The minimum absolute atomic E-state index is 0.0887. The molecule has 1 spiro atoms. The van der Waals surface area contributed by atoms with Crippen molar-refractivity contribution < 1.29 is 24.2 Å². The molecule has 2 aromatic rings. The van der Waals surface area contributed by atoms with E-state index in [1.165, 1.54) is 4.90 Å². The number of hydrogen-bond acceptors (Lipinski definition) is 5. The first-order chi connectivity index (χ1) is 20.1. The highest BCUT2D eigenvalue weighted by Crippen LogP contribution is 2.66. The molecule has 7 atom stereocenters. The fraction of sp³-hybridized carbons (Fsp3) is 0.441. The summed E-state index contributed by atoms with van der Waals surface area (Å²) in [6, 6.07) is 17.1. The number of benzene rings is 2. The van der Waals surface area contributed by atoms with Crippen LogP contribution in [0.1, 0.15) is 37.4 Å². The molecule has 2 aromatic carbocycles. The molecule has 0 radical (unpaired) electrons. The maximum absolute atomic E-state index is 14.8. The van der Waals surface area contributed by atoms with E-state index in [0.717, 1.165) is 5.56 Å². The van der Waals surface area contributed by atoms with Gasteiger partial charge >= 0.3 is 0 Å². The number of aliphatic hydroxyl groups excluding tert-OH is 1. The average Bonchev–Trinajstić information content (AvgIpc) is 3.50. The molecule has 3 aliphatic rings. The Bertz CT molecular complexity index is 1350. The van der Waals surface area contributed by atoms with Crippen LogP contribution in [0, 0.1) is 17.8 Å². The quantitative estimate of drug-likeness (QED) is 0.417. The van der Waals surface area contributed by atoms with Crippen molar-refractivity contribution in [3.05, 3.63) is 97.1 Å². The van der Waals surface area contributed by atoms with Gasteiger partial charge in [-0.05, 0) is 30.4 Å². The normalized spacial score (nSPS) is 30.1. The maximum Gasteiger partial charge on any atom is 0.249 e. The van der Waals surface area contributed by atoms with E-state index in [4.69, 9.17) is 4.74 Å². The molecule has 5 rings (SSSR count). The molecule has 222 valence electrons. The first-order valence-electron chi connectivity index (χ1n) is 14.6. The van der Waals surface area contributed by atoms with E-state index in [1.807, 2.05) is 74.5 Å². The van der Waals surface area contributed by atoms with Crippen LogP contribution >= 0.6 is 0 Å². The topological polar surface area (TPSA) is 90.4 Å². The molecule has 3 fully saturated rings. The van der Waals surface area contributed by atoms with Crippen LogP contribution in [0.3, 0.4) is 0 Å². The van der Waals surface area contributed by atoms with Crippen LogP contribution in [-0.4, -0.2) is 81.5 Å². The fourth-order valence-electron chi connectivity index (χ4n) is 7.58. The molecule has 3 heterocycles. The zero-order valence-electron chi connectivity index (χ0n) is 24.7. The van der Waals surface area contributed by atoms with Gasteiger partial charge in [-0.1, -0.05) is 79.7 Å². The van der Waals surface area contributed by atoms with Gasteiger partial charge in [-0.25, -0.2) is 0 Å². The second-order valence-corrected chi connectivity index (χ2v) is 12.1. The lowest BCUT2D eigenvalue weighted by molar-refractivity contribution is -0.157. The number of likely N-dealkylation sites (tertiary alicyclic amines) is 1. The zero-order valence-corrected chi connectivity index (χ0v) is 24.7. The Morgan fingerprint density at radius 1 is 1.07 bits per heavy atom. The van der Waals surface area contributed by atoms with Gasteiger partial charge in [0.05, 0.1) is 30.1 Å². The first-order valence-corrected chi connectivity index (χ1v) is 14.6. The monoisotopic (exact) mass is 571 g/mol. The maximum atomic E-state index is 14.8. The Labute approximate surface area is 248 Å². The number of carbonyl (C=O) groups excluding carboxylic acids is 3. The lowest BCUT2D eigenvalue weighted by Crippen LogP contribution is -2.57. The fourth-order valence-corrected chi connectivity index (χ4v) is 7.58. The Morgan fingerprint density at radius 2 is 1.69 bits per heavy atom. The van der Waals surface area contributed by atoms with Gasteiger partial charge in [0.1, 0.15) is 11.6 Å². The molecule has 3 aliphatic heterocycles. The minimum atomic E-state index is -1.23. The van der Waals surface area contributed by atoms with Crippen molar-refractivity contribution in [3.63, 3.8) is 0 Å². The van der Waals surface area contributed by atoms with Crippen LogP contribution in [-0.2, 0) is 25.7 Å². The molecule has 2 bridgehead atoms. The molecule has 8 nitrogen and oxygen atoms in total. The van der Waals surface area contributed by atoms with Crippen molar-refractivity contribution >= 4 is 17.7 Å². The highest BCUT2D eigenvalue weighted by Gasteiger charge is 2.80. The van der Waals surface area contributed by atoms with E-state index >= 15 is 0 Å². The van der Waals surface area contributed by atoms with Crippen LogP contribution < -0.4 is 0 Å². The Balaban J connectivity index is 1.65. The number of aliphatic hydroxyl groups is 1. The molecule has 1 N–H and O–H groups in total. The van der Waals surface area contributed by atoms with Gasteiger partial charge in [0, 0.05) is 26.7 Å². The third kappa shape index (κ3) is 4.57. The molecule has 0 aromatic heterocycles. The van der Waals surface area contributed by atoms with E-state index < -0.39 is 35.1 Å². The molecule has 3 amide bonds. The molecule has 42 heavy (non-hydrogen) atoms. The van der Waals surface area contributed by atoms with Crippen molar-refractivity contribution in [2.75, 3.05) is 26.7 Å². The summed E-state index contributed by atoms with van der Waals surface area (Å²) in [7, 11) is 1.70. The summed E-state index contributed by atoms with van der Waals surface area (Å²) in [6.45, 7) is 12.1. The first kappa shape index (κ1) is 29.7. The molecule has 3 saturated heterocycles. The summed E-state index contributed by atoms with van der Waals surface area (Å²) >= 11 is 0. The second-order valence-electron chi connectivity index (χ2n) is 12.1. The predicted octanol–water partition coefficient (Wildman–Crippen LogP) is 3.59. The van der Waals surface area contributed by atoms with Crippen LogP contribution in [0.25, 0.3) is 0 Å². The number of likely N-dealkylation sites (N-methyl/N-ethyl adjacent to an activating group) is 1. The number of fused-ring (bicyclic) bond motifs is 1. The number of ether oxygens (including phenoxy) is 1. The number of carbonyl (C=O) groups is 3. The number of amides is 3. The second kappa shape index (κ2) is 11.5. The molecule has 0 saturated carbocycles. The summed E-state index contributed by atoms with van der Waals surface area (Å²) in [4.78, 5) is 48.3. The van der Waals surface area contributed by atoms with Gasteiger partial charge < -0.3 is 24.5 Å². The zero-order chi connectivity index (χ0) is 30.2. The van der Waals surface area contributed by atoms with Crippen LogP contribution in [0.15, 0.2) is 86.0 Å². The highest BCUT2D eigenvalue weighted by molar-refractivity contribution is 5.99. The van der Waals surface area contributed by atoms with Crippen molar-refractivity contribution in [2.24, 2.45) is 17.8 Å². The lowest BCUT2D eigenvalue weighted by Gasteiger charge is -2.39. The van der Waals surface area contributed by atoms with E-state index in [9.17, 15) is 19.5 Å². The van der Waals surface area contributed by atoms with Crippen molar-refractivity contribution in [1.29, 1.82) is 0 Å². The third-order valence-corrected chi connectivity index (χ3v) is 9.60. The Morgan fingerprint density at radius 3 is 2.29 bits per heavy atom.